The third kappa shape index (κ3) is 9.16. The minimum atomic E-state index is -1.08. The first-order chi connectivity index (χ1) is 18.1. The lowest BCUT2D eigenvalue weighted by atomic mass is 10.0. The fourth-order valence-corrected chi connectivity index (χ4v) is 3.59. The summed E-state index contributed by atoms with van der Waals surface area (Å²) in [7, 11) is 0. The number of hydrogen-bond acceptors (Lipinski definition) is 6. The number of hydrazine groups is 1. The van der Waals surface area contributed by atoms with Gasteiger partial charge in [0.25, 0.3) is 11.8 Å². The normalized spacial score (nSPS) is 11.8. The lowest BCUT2D eigenvalue weighted by molar-refractivity contribution is -0.124. The molecule has 0 aliphatic heterocycles. The van der Waals surface area contributed by atoms with Crippen molar-refractivity contribution in [3.63, 3.8) is 0 Å². The van der Waals surface area contributed by atoms with Crippen molar-refractivity contribution in [2.45, 2.75) is 45.3 Å². The van der Waals surface area contributed by atoms with Crippen molar-refractivity contribution in [2.75, 3.05) is 13.2 Å². The molecule has 0 spiro atoms. The number of para-hydroxylation sites is 1. The first-order valence-corrected chi connectivity index (χ1v) is 12.2. The van der Waals surface area contributed by atoms with Gasteiger partial charge in [0.15, 0.2) is 6.61 Å². The van der Waals surface area contributed by atoms with Crippen LogP contribution in [0, 0.1) is 0 Å². The number of amides is 4. The van der Waals surface area contributed by atoms with Gasteiger partial charge in [-0.25, -0.2) is 15.0 Å². The molecular formula is C27H33N5O6. The van der Waals surface area contributed by atoms with Gasteiger partial charge in [-0.15, -0.1) is 0 Å². The Morgan fingerprint density at radius 1 is 0.921 bits per heavy atom. The predicted octanol–water partition coefficient (Wildman–Crippen LogP) is 2.72. The molecular weight excluding hydrogens is 490 g/mol. The van der Waals surface area contributed by atoms with Gasteiger partial charge in [0.05, 0.1) is 0 Å². The lowest BCUT2D eigenvalue weighted by Crippen LogP contribution is -2.54. The van der Waals surface area contributed by atoms with E-state index < -0.39 is 42.3 Å². The first-order valence-electron chi connectivity index (χ1n) is 12.2. The highest BCUT2D eigenvalue weighted by Crippen LogP contribution is 2.19. The zero-order chi connectivity index (χ0) is 27.5. The molecule has 202 valence electrons. The summed E-state index contributed by atoms with van der Waals surface area (Å²) < 4.78 is 10.1. The van der Waals surface area contributed by atoms with E-state index in [1.54, 1.807) is 27.0 Å². The van der Waals surface area contributed by atoms with E-state index in [0.717, 1.165) is 22.0 Å². The predicted molar refractivity (Wildman–Crippen MR) is 141 cm³/mol. The van der Waals surface area contributed by atoms with Crippen LogP contribution in [0.1, 0.15) is 31.9 Å². The first kappa shape index (κ1) is 28.0. The van der Waals surface area contributed by atoms with E-state index >= 15 is 0 Å². The SMILES string of the molecule is CC(C)(C)OC(=O)N[C@H](Cc1c[nH]c2ccccc12)C(=O)NNC(=O)OCC(=O)NCCc1ccccc1. The molecule has 38 heavy (non-hydrogen) atoms. The molecule has 0 bridgehead atoms. The summed E-state index contributed by atoms with van der Waals surface area (Å²) in [5, 5.41) is 6.09. The van der Waals surface area contributed by atoms with E-state index in [9.17, 15) is 19.2 Å². The van der Waals surface area contributed by atoms with Gasteiger partial charge >= 0.3 is 12.2 Å². The number of benzene rings is 2. The van der Waals surface area contributed by atoms with Crippen LogP contribution in [0.15, 0.2) is 60.8 Å². The molecule has 0 aliphatic rings. The van der Waals surface area contributed by atoms with Gasteiger partial charge in [-0.2, -0.15) is 0 Å². The molecule has 0 aliphatic carbocycles. The summed E-state index contributed by atoms with van der Waals surface area (Å²) in [4.78, 5) is 52.3. The molecule has 3 rings (SSSR count). The van der Waals surface area contributed by atoms with Crippen LogP contribution in [-0.2, 0) is 31.9 Å². The van der Waals surface area contributed by atoms with Gasteiger partial charge in [0.2, 0.25) is 0 Å². The topological polar surface area (TPSA) is 151 Å². The van der Waals surface area contributed by atoms with E-state index in [1.165, 1.54) is 0 Å². The zero-order valence-electron chi connectivity index (χ0n) is 21.6. The van der Waals surface area contributed by atoms with Crippen LogP contribution in [0.5, 0.6) is 0 Å². The second kappa shape index (κ2) is 13.1. The number of hydrogen-bond donors (Lipinski definition) is 5. The Balaban J connectivity index is 1.50. The van der Waals surface area contributed by atoms with E-state index in [2.05, 4.69) is 26.5 Å². The molecule has 1 atom stereocenters. The molecule has 0 saturated heterocycles. The number of fused-ring (bicyclic) bond motifs is 1. The average Bonchev–Trinajstić information content (AvgIpc) is 3.28. The smallest absolute Gasteiger partial charge is 0.426 e. The van der Waals surface area contributed by atoms with Gasteiger partial charge in [-0.05, 0) is 44.4 Å². The molecule has 0 unspecified atom stereocenters. The number of carbonyl (C=O) groups is 4. The van der Waals surface area contributed by atoms with Gasteiger partial charge in [-0.3, -0.25) is 15.0 Å². The fraction of sp³-hybridized carbons (Fsp3) is 0.333. The minimum Gasteiger partial charge on any atom is -0.444 e. The number of H-pyrrole nitrogens is 1. The van der Waals surface area contributed by atoms with Crippen molar-refractivity contribution in [3.8, 4) is 0 Å². The van der Waals surface area contributed by atoms with Gasteiger partial charge < -0.3 is 25.1 Å². The van der Waals surface area contributed by atoms with E-state index in [-0.39, 0.29) is 6.42 Å². The van der Waals surface area contributed by atoms with Crippen LogP contribution in [-0.4, -0.2) is 53.8 Å². The van der Waals surface area contributed by atoms with E-state index in [1.807, 2.05) is 54.6 Å². The lowest BCUT2D eigenvalue weighted by Gasteiger charge is -2.23. The average molecular weight is 524 g/mol. The highest BCUT2D eigenvalue weighted by Gasteiger charge is 2.26. The Kier molecular flexibility index (Phi) is 9.69. The Bertz CT molecular complexity index is 1250. The second-order valence-corrected chi connectivity index (χ2v) is 9.54. The summed E-state index contributed by atoms with van der Waals surface area (Å²) in [6.07, 6.45) is 0.694. The number of rotatable bonds is 9. The Morgan fingerprint density at radius 3 is 2.37 bits per heavy atom. The Labute approximate surface area is 220 Å². The fourth-order valence-electron chi connectivity index (χ4n) is 3.59. The maximum atomic E-state index is 12.9. The number of nitrogens with one attached hydrogen (secondary N) is 5. The van der Waals surface area contributed by atoms with Crippen LogP contribution >= 0.6 is 0 Å². The maximum Gasteiger partial charge on any atom is 0.426 e. The minimum absolute atomic E-state index is 0.121. The quantitative estimate of drug-likeness (QED) is 0.272. The third-order valence-corrected chi connectivity index (χ3v) is 5.31. The van der Waals surface area contributed by atoms with Crippen LogP contribution in [0.25, 0.3) is 10.9 Å². The summed E-state index contributed by atoms with van der Waals surface area (Å²) in [5.74, 6) is -1.18. The number of ether oxygens (including phenoxy) is 2. The largest absolute Gasteiger partial charge is 0.444 e. The zero-order valence-corrected chi connectivity index (χ0v) is 21.6. The van der Waals surface area contributed by atoms with Crippen LogP contribution in [0.3, 0.4) is 0 Å². The van der Waals surface area contributed by atoms with E-state index in [4.69, 9.17) is 9.47 Å². The number of aromatic amines is 1. The second-order valence-electron chi connectivity index (χ2n) is 9.54. The van der Waals surface area contributed by atoms with Crippen molar-refractivity contribution in [3.05, 3.63) is 71.9 Å². The molecule has 11 nitrogen and oxygen atoms in total. The van der Waals surface area contributed by atoms with Crippen molar-refractivity contribution < 1.29 is 28.7 Å². The molecule has 11 heteroatoms. The summed E-state index contributed by atoms with van der Waals surface area (Å²) in [5.41, 5.74) is 6.28. The maximum absolute atomic E-state index is 12.9. The van der Waals surface area contributed by atoms with Crippen molar-refractivity contribution >= 4 is 34.9 Å². The molecule has 0 fully saturated rings. The Morgan fingerprint density at radius 2 is 1.63 bits per heavy atom. The molecule has 2 aromatic carbocycles. The highest BCUT2D eigenvalue weighted by atomic mass is 16.6. The van der Waals surface area contributed by atoms with Crippen molar-refractivity contribution in [1.82, 2.24) is 26.5 Å². The van der Waals surface area contributed by atoms with Crippen LogP contribution < -0.4 is 21.5 Å². The molecule has 0 saturated carbocycles. The van der Waals surface area contributed by atoms with Gasteiger partial charge in [0.1, 0.15) is 11.6 Å². The molecule has 1 aromatic heterocycles. The summed E-state index contributed by atoms with van der Waals surface area (Å²) >= 11 is 0. The molecule has 0 radical (unpaired) electrons. The molecule has 5 N–H and O–H groups in total. The van der Waals surface area contributed by atoms with E-state index in [0.29, 0.717) is 13.0 Å². The molecule has 1 heterocycles. The molecule has 4 amide bonds. The highest BCUT2D eigenvalue weighted by molar-refractivity contribution is 5.89. The van der Waals surface area contributed by atoms with Crippen molar-refractivity contribution in [2.24, 2.45) is 0 Å². The monoisotopic (exact) mass is 523 g/mol. The van der Waals surface area contributed by atoms with Gasteiger partial charge in [0, 0.05) is 30.1 Å². The number of aromatic nitrogens is 1. The summed E-state index contributed by atoms with van der Waals surface area (Å²) in [6.45, 7) is 4.98. The number of alkyl carbamates (subject to hydrolysis) is 1. The van der Waals surface area contributed by atoms with Crippen molar-refractivity contribution in [1.29, 1.82) is 0 Å². The van der Waals surface area contributed by atoms with Crippen LogP contribution in [0.2, 0.25) is 0 Å². The van der Waals surface area contributed by atoms with Crippen LogP contribution in [0.4, 0.5) is 9.59 Å². The molecule has 3 aromatic rings. The number of carbonyl (C=O) groups excluding carboxylic acids is 4. The third-order valence-electron chi connectivity index (χ3n) is 5.31. The standard InChI is InChI=1S/C27H33N5O6/c1-27(2,3)38-25(35)30-22(15-19-16-29-21-12-8-7-11-20(19)21)24(34)31-32-26(36)37-17-23(33)28-14-13-18-9-5-4-6-10-18/h4-12,16,22,29H,13-15,17H2,1-3H3,(H,28,33)(H,30,35)(H,31,34)(H,32,36)/t22-/m1/s1. The summed E-state index contributed by atoms with van der Waals surface area (Å²) in [6, 6.07) is 16.1. The Hall–Kier alpha value is -4.54. The van der Waals surface area contributed by atoms with Gasteiger partial charge in [-0.1, -0.05) is 48.5 Å².